The number of rotatable bonds is 5. The first-order chi connectivity index (χ1) is 10.5. The monoisotopic (exact) mass is 318 g/mol. The van der Waals surface area contributed by atoms with Gasteiger partial charge in [0.05, 0.1) is 24.8 Å². The number of hydrogen-bond donors (Lipinski definition) is 1. The number of methoxy groups -OCH3 is 2. The molecule has 6 heteroatoms. The van der Waals surface area contributed by atoms with Crippen LogP contribution in [0.25, 0.3) is 0 Å². The Labute approximate surface area is 133 Å². The number of carbonyl (C=O) groups is 1. The van der Waals surface area contributed by atoms with Crippen molar-refractivity contribution in [2.75, 3.05) is 14.2 Å². The molecular weight excluding hydrogens is 300 g/mol. The minimum Gasteiger partial charge on any atom is -0.493 e. The van der Waals surface area contributed by atoms with Crippen LogP contribution in [0.2, 0.25) is 0 Å². The molecule has 1 heterocycles. The zero-order chi connectivity index (χ0) is 16.1. The number of amides is 1. The molecule has 0 atom stereocenters. The average molecular weight is 318 g/mol. The van der Waals surface area contributed by atoms with E-state index in [9.17, 15) is 4.79 Å². The molecule has 0 aliphatic carbocycles. The van der Waals surface area contributed by atoms with Crippen LogP contribution >= 0.6 is 11.3 Å². The molecule has 1 aromatic heterocycles. The van der Waals surface area contributed by atoms with E-state index in [1.54, 1.807) is 36.6 Å². The lowest BCUT2D eigenvalue weighted by Gasteiger charge is -2.08. The summed E-state index contributed by atoms with van der Waals surface area (Å²) in [6.45, 7) is 3.89. The summed E-state index contributed by atoms with van der Waals surface area (Å²) in [5.74, 6) is 0.783. The van der Waals surface area contributed by atoms with E-state index in [1.165, 1.54) is 12.0 Å². The van der Waals surface area contributed by atoms with Gasteiger partial charge in [0.15, 0.2) is 11.5 Å². The quantitative estimate of drug-likeness (QED) is 0.680. The number of benzene rings is 1. The van der Waals surface area contributed by atoms with E-state index < -0.39 is 0 Å². The third-order valence-electron chi connectivity index (χ3n) is 3.07. The van der Waals surface area contributed by atoms with E-state index in [2.05, 4.69) is 10.5 Å². The molecule has 116 valence electrons. The number of aryl methyl sites for hydroxylation is 1. The molecule has 0 saturated heterocycles. The summed E-state index contributed by atoms with van der Waals surface area (Å²) in [5, 5.41) is 4.14. The van der Waals surface area contributed by atoms with E-state index in [-0.39, 0.29) is 5.91 Å². The maximum Gasteiger partial charge on any atom is 0.271 e. The van der Waals surface area contributed by atoms with Gasteiger partial charge in [-0.05, 0) is 44.2 Å². The van der Waals surface area contributed by atoms with Crippen LogP contribution in [-0.4, -0.2) is 25.8 Å². The zero-order valence-corrected chi connectivity index (χ0v) is 13.8. The molecule has 2 aromatic rings. The number of hydrogen-bond acceptors (Lipinski definition) is 5. The van der Waals surface area contributed by atoms with Crippen molar-refractivity contribution in [3.8, 4) is 11.5 Å². The summed E-state index contributed by atoms with van der Waals surface area (Å²) in [5.41, 5.74) is 3.78. The van der Waals surface area contributed by atoms with Crippen molar-refractivity contribution in [3.63, 3.8) is 0 Å². The van der Waals surface area contributed by atoms with Crippen LogP contribution in [-0.2, 0) is 0 Å². The Kier molecular flexibility index (Phi) is 5.16. The first kappa shape index (κ1) is 16.0. The summed E-state index contributed by atoms with van der Waals surface area (Å²) in [6.07, 6.45) is 0. The molecule has 0 spiro atoms. The van der Waals surface area contributed by atoms with Crippen LogP contribution in [0.4, 0.5) is 0 Å². The second-order valence-electron chi connectivity index (χ2n) is 4.62. The molecule has 0 radical (unpaired) electrons. The summed E-state index contributed by atoms with van der Waals surface area (Å²) < 4.78 is 10.3. The molecule has 0 saturated carbocycles. The Balaban J connectivity index is 2.12. The maximum atomic E-state index is 12.1. The number of carbonyl (C=O) groups excluding carboxylic acids is 1. The van der Waals surface area contributed by atoms with Crippen molar-refractivity contribution in [1.82, 2.24) is 5.43 Å². The van der Waals surface area contributed by atoms with Crippen molar-refractivity contribution in [2.45, 2.75) is 13.8 Å². The van der Waals surface area contributed by atoms with Gasteiger partial charge in [-0.25, -0.2) is 5.43 Å². The van der Waals surface area contributed by atoms with Gasteiger partial charge in [0.25, 0.3) is 5.91 Å². The fraction of sp³-hybridized carbons (Fsp3) is 0.250. The van der Waals surface area contributed by atoms with Gasteiger partial charge >= 0.3 is 0 Å². The predicted octanol–water partition coefficient (Wildman–Crippen LogP) is 3.23. The lowest BCUT2D eigenvalue weighted by atomic mass is 10.2. The first-order valence-electron chi connectivity index (χ1n) is 6.68. The SMILES string of the molecule is COc1ccc(C(=O)NN=C(C)c2ccc(C)s2)cc1OC. The molecule has 0 fully saturated rings. The van der Waals surface area contributed by atoms with Crippen LogP contribution < -0.4 is 14.9 Å². The van der Waals surface area contributed by atoms with Crippen LogP contribution in [0.3, 0.4) is 0 Å². The minimum atomic E-state index is -0.298. The van der Waals surface area contributed by atoms with E-state index in [0.29, 0.717) is 17.1 Å². The minimum absolute atomic E-state index is 0.298. The smallest absolute Gasteiger partial charge is 0.271 e. The van der Waals surface area contributed by atoms with Crippen LogP contribution in [0.5, 0.6) is 11.5 Å². The molecule has 1 amide bonds. The Morgan fingerprint density at radius 1 is 1.14 bits per heavy atom. The summed E-state index contributed by atoms with van der Waals surface area (Å²) in [7, 11) is 3.08. The van der Waals surface area contributed by atoms with Gasteiger partial charge in [-0.2, -0.15) is 5.10 Å². The number of nitrogens with one attached hydrogen (secondary N) is 1. The van der Waals surface area contributed by atoms with Gasteiger partial charge in [0.1, 0.15) is 0 Å². The standard InChI is InChI=1S/C16H18N2O3S/c1-10-5-8-15(22-10)11(2)17-18-16(19)12-6-7-13(20-3)14(9-12)21-4/h5-9H,1-4H3,(H,18,19). The molecule has 0 unspecified atom stereocenters. The summed E-state index contributed by atoms with van der Waals surface area (Å²) >= 11 is 1.64. The highest BCUT2D eigenvalue weighted by Crippen LogP contribution is 2.27. The van der Waals surface area contributed by atoms with Crippen molar-refractivity contribution >= 4 is 23.0 Å². The highest BCUT2D eigenvalue weighted by atomic mass is 32.1. The van der Waals surface area contributed by atoms with Gasteiger partial charge in [-0.3, -0.25) is 4.79 Å². The summed E-state index contributed by atoms with van der Waals surface area (Å²) in [6, 6.07) is 8.98. The highest BCUT2D eigenvalue weighted by molar-refractivity contribution is 7.14. The molecular formula is C16H18N2O3S. The Hall–Kier alpha value is -2.34. The van der Waals surface area contributed by atoms with Crippen LogP contribution in [0.1, 0.15) is 27.0 Å². The van der Waals surface area contributed by atoms with Crippen molar-refractivity contribution in [1.29, 1.82) is 0 Å². The Bertz CT molecular complexity index is 707. The van der Waals surface area contributed by atoms with Gasteiger partial charge < -0.3 is 9.47 Å². The van der Waals surface area contributed by atoms with E-state index in [1.807, 2.05) is 26.0 Å². The van der Waals surface area contributed by atoms with Gasteiger partial charge in [0, 0.05) is 10.4 Å². The number of thiophene rings is 1. The summed E-state index contributed by atoms with van der Waals surface area (Å²) in [4.78, 5) is 14.4. The van der Waals surface area contributed by atoms with Crippen LogP contribution in [0.15, 0.2) is 35.4 Å². The van der Waals surface area contributed by atoms with Crippen molar-refractivity contribution in [2.24, 2.45) is 5.10 Å². The van der Waals surface area contributed by atoms with Gasteiger partial charge in [-0.15, -0.1) is 11.3 Å². The number of ether oxygens (including phenoxy) is 2. The van der Waals surface area contributed by atoms with Crippen molar-refractivity contribution < 1.29 is 14.3 Å². The van der Waals surface area contributed by atoms with E-state index in [4.69, 9.17) is 9.47 Å². The second-order valence-corrected chi connectivity index (χ2v) is 5.91. The van der Waals surface area contributed by atoms with Gasteiger partial charge in [0.2, 0.25) is 0 Å². The molecule has 5 nitrogen and oxygen atoms in total. The van der Waals surface area contributed by atoms with E-state index in [0.717, 1.165) is 10.6 Å². The van der Waals surface area contributed by atoms with Crippen LogP contribution in [0, 0.1) is 6.92 Å². The van der Waals surface area contributed by atoms with Crippen molar-refractivity contribution in [3.05, 3.63) is 45.6 Å². The molecule has 0 bridgehead atoms. The Morgan fingerprint density at radius 2 is 1.86 bits per heavy atom. The normalized spacial score (nSPS) is 11.2. The topological polar surface area (TPSA) is 59.9 Å². The largest absolute Gasteiger partial charge is 0.493 e. The Morgan fingerprint density at radius 3 is 2.45 bits per heavy atom. The van der Waals surface area contributed by atoms with E-state index >= 15 is 0 Å². The third kappa shape index (κ3) is 3.65. The molecule has 0 aliphatic rings. The molecule has 0 aliphatic heterocycles. The number of nitrogens with zero attached hydrogens (tertiary/aromatic N) is 1. The first-order valence-corrected chi connectivity index (χ1v) is 7.50. The molecule has 22 heavy (non-hydrogen) atoms. The molecule has 1 N–H and O–H groups in total. The van der Waals surface area contributed by atoms with Gasteiger partial charge in [-0.1, -0.05) is 0 Å². The fourth-order valence-electron chi connectivity index (χ4n) is 1.86. The second kappa shape index (κ2) is 7.09. The molecule has 2 rings (SSSR count). The number of hydrazone groups is 1. The lowest BCUT2D eigenvalue weighted by molar-refractivity contribution is 0.0954. The predicted molar refractivity (Wildman–Crippen MR) is 88.3 cm³/mol. The lowest BCUT2D eigenvalue weighted by Crippen LogP contribution is -2.19. The maximum absolute atomic E-state index is 12.1. The highest BCUT2D eigenvalue weighted by Gasteiger charge is 2.10. The zero-order valence-electron chi connectivity index (χ0n) is 13.0. The average Bonchev–Trinajstić information content (AvgIpc) is 2.98. The third-order valence-corrected chi connectivity index (χ3v) is 4.18. The molecule has 1 aromatic carbocycles. The fourth-order valence-corrected chi connectivity index (χ4v) is 2.67.